The van der Waals surface area contributed by atoms with Gasteiger partial charge in [0.2, 0.25) is 17.7 Å². The molecule has 5 nitrogen and oxygen atoms in total. The maximum atomic E-state index is 13.2. The van der Waals surface area contributed by atoms with Crippen molar-refractivity contribution in [2.75, 3.05) is 20.1 Å². The number of benzene rings is 1. The Morgan fingerprint density at radius 1 is 1.07 bits per heavy atom. The molecule has 5 heteroatoms. The number of carbonyl (C=O) groups is 3. The van der Waals surface area contributed by atoms with Crippen LogP contribution < -0.4 is 0 Å². The van der Waals surface area contributed by atoms with E-state index in [1.807, 2.05) is 56.9 Å². The third-order valence-corrected chi connectivity index (χ3v) is 6.58. The number of piperidine rings is 1. The van der Waals surface area contributed by atoms with E-state index in [2.05, 4.69) is 0 Å². The van der Waals surface area contributed by atoms with Crippen LogP contribution in [0.3, 0.4) is 0 Å². The highest BCUT2D eigenvalue weighted by molar-refractivity contribution is 6.12. The molecule has 3 amide bonds. The van der Waals surface area contributed by atoms with E-state index >= 15 is 0 Å². The monoisotopic (exact) mass is 370 g/mol. The minimum Gasteiger partial charge on any atom is -0.343 e. The van der Waals surface area contributed by atoms with Crippen molar-refractivity contribution in [2.45, 2.75) is 52.4 Å². The predicted molar refractivity (Wildman–Crippen MR) is 104 cm³/mol. The van der Waals surface area contributed by atoms with Crippen molar-refractivity contribution < 1.29 is 14.4 Å². The van der Waals surface area contributed by atoms with E-state index < -0.39 is 10.8 Å². The van der Waals surface area contributed by atoms with Crippen LogP contribution in [-0.4, -0.2) is 47.7 Å². The van der Waals surface area contributed by atoms with E-state index in [-0.39, 0.29) is 17.7 Å². The summed E-state index contributed by atoms with van der Waals surface area (Å²) < 4.78 is 0. The van der Waals surface area contributed by atoms with Gasteiger partial charge in [-0.25, -0.2) is 0 Å². The van der Waals surface area contributed by atoms with Crippen LogP contribution in [0.15, 0.2) is 24.3 Å². The van der Waals surface area contributed by atoms with Crippen LogP contribution in [-0.2, 0) is 19.8 Å². The fourth-order valence-electron chi connectivity index (χ4n) is 4.78. The minimum atomic E-state index is -0.889. The molecule has 0 saturated carbocycles. The van der Waals surface area contributed by atoms with Crippen molar-refractivity contribution in [3.8, 4) is 0 Å². The minimum absolute atomic E-state index is 0.105. The standard InChI is InChI=1S/C22H30N2O3/c1-15(2)14-18(25)24-12-10-22(11-13-24)20(27)23(5)19(26)21(22,4)17-8-6-16(3)7-9-17/h6-9,15H,10-14H2,1-5H3. The third kappa shape index (κ3) is 2.88. The lowest BCUT2D eigenvalue weighted by molar-refractivity contribution is -0.144. The van der Waals surface area contributed by atoms with Crippen LogP contribution in [0.4, 0.5) is 0 Å². The third-order valence-electron chi connectivity index (χ3n) is 6.58. The molecule has 2 heterocycles. The Balaban J connectivity index is 1.95. The smallest absolute Gasteiger partial charge is 0.240 e. The topological polar surface area (TPSA) is 57.7 Å². The zero-order valence-electron chi connectivity index (χ0n) is 17.0. The number of likely N-dealkylation sites (tertiary alicyclic amines) is 2. The summed E-state index contributed by atoms with van der Waals surface area (Å²) in [5.41, 5.74) is 0.343. The van der Waals surface area contributed by atoms with Gasteiger partial charge in [0.1, 0.15) is 0 Å². The van der Waals surface area contributed by atoms with Crippen molar-refractivity contribution in [3.05, 3.63) is 35.4 Å². The first kappa shape index (κ1) is 19.6. The van der Waals surface area contributed by atoms with Gasteiger partial charge < -0.3 is 4.90 Å². The molecule has 0 bridgehead atoms. The predicted octanol–water partition coefficient (Wildman–Crippen LogP) is 2.91. The summed E-state index contributed by atoms with van der Waals surface area (Å²) in [6, 6.07) is 7.92. The van der Waals surface area contributed by atoms with Gasteiger partial charge in [0.15, 0.2) is 0 Å². The molecule has 2 aliphatic heterocycles. The molecule has 1 atom stereocenters. The van der Waals surface area contributed by atoms with Crippen LogP contribution in [0, 0.1) is 18.3 Å². The number of likely N-dealkylation sites (N-methyl/N-ethyl adjacent to an activating group) is 1. The molecular formula is C22H30N2O3. The first-order valence-corrected chi connectivity index (χ1v) is 9.81. The van der Waals surface area contributed by atoms with Gasteiger partial charge in [-0.15, -0.1) is 0 Å². The van der Waals surface area contributed by atoms with Gasteiger partial charge in [0.25, 0.3) is 0 Å². The van der Waals surface area contributed by atoms with E-state index in [4.69, 9.17) is 0 Å². The van der Waals surface area contributed by atoms with Crippen molar-refractivity contribution in [3.63, 3.8) is 0 Å². The first-order valence-electron chi connectivity index (χ1n) is 9.81. The molecule has 0 aliphatic carbocycles. The Labute approximate surface area is 161 Å². The second-order valence-electron chi connectivity index (χ2n) is 8.72. The SMILES string of the molecule is Cc1ccc(C2(C)C(=O)N(C)C(=O)C23CCN(C(=O)CC(C)C)CC3)cc1. The number of imide groups is 1. The lowest BCUT2D eigenvalue weighted by Crippen LogP contribution is -2.54. The Morgan fingerprint density at radius 3 is 2.15 bits per heavy atom. The van der Waals surface area contributed by atoms with Crippen molar-refractivity contribution in [1.82, 2.24) is 9.80 Å². The molecular weight excluding hydrogens is 340 g/mol. The molecule has 1 aromatic carbocycles. The van der Waals surface area contributed by atoms with Gasteiger partial charge in [0, 0.05) is 26.6 Å². The summed E-state index contributed by atoms with van der Waals surface area (Å²) in [4.78, 5) is 42.0. The number of hydrogen-bond donors (Lipinski definition) is 0. The zero-order chi connectivity index (χ0) is 20.0. The maximum Gasteiger partial charge on any atom is 0.240 e. The van der Waals surface area contributed by atoms with E-state index in [0.717, 1.165) is 11.1 Å². The zero-order valence-corrected chi connectivity index (χ0v) is 17.0. The van der Waals surface area contributed by atoms with Gasteiger partial charge in [-0.05, 0) is 38.2 Å². The van der Waals surface area contributed by atoms with E-state index in [0.29, 0.717) is 38.3 Å². The van der Waals surface area contributed by atoms with Gasteiger partial charge in [0.05, 0.1) is 10.8 Å². The van der Waals surface area contributed by atoms with Gasteiger partial charge >= 0.3 is 0 Å². The summed E-state index contributed by atoms with van der Waals surface area (Å²) in [5.74, 6) is 0.207. The number of carbonyl (C=O) groups excluding carboxylic acids is 3. The molecule has 2 saturated heterocycles. The van der Waals surface area contributed by atoms with Gasteiger partial charge in [-0.3, -0.25) is 19.3 Å². The summed E-state index contributed by atoms with van der Waals surface area (Å²) in [6.07, 6.45) is 1.57. The Morgan fingerprint density at radius 2 is 1.63 bits per heavy atom. The first-order chi connectivity index (χ1) is 12.6. The lowest BCUT2D eigenvalue weighted by atomic mass is 9.58. The van der Waals surface area contributed by atoms with Gasteiger partial charge in [-0.1, -0.05) is 43.7 Å². The van der Waals surface area contributed by atoms with Crippen molar-refractivity contribution in [2.24, 2.45) is 11.3 Å². The normalized spacial score (nSPS) is 25.0. The molecule has 3 rings (SSSR count). The summed E-state index contributed by atoms with van der Waals surface area (Å²) in [5, 5.41) is 0. The van der Waals surface area contributed by atoms with E-state index in [1.54, 1.807) is 7.05 Å². The van der Waals surface area contributed by atoms with Crippen LogP contribution in [0.25, 0.3) is 0 Å². The highest BCUT2D eigenvalue weighted by atomic mass is 16.2. The maximum absolute atomic E-state index is 13.2. The molecule has 2 aliphatic rings. The number of rotatable bonds is 3. The second-order valence-corrected chi connectivity index (χ2v) is 8.72. The highest BCUT2D eigenvalue weighted by Gasteiger charge is 2.66. The molecule has 0 radical (unpaired) electrons. The number of hydrogen-bond acceptors (Lipinski definition) is 3. The quantitative estimate of drug-likeness (QED) is 0.769. The van der Waals surface area contributed by atoms with E-state index in [1.165, 1.54) is 4.90 Å². The highest BCUT2D eigenvalue weighted by Crippen LogP contribution is 2.55. The number of amides is 3. The molecule has 0 aromatic heterocycles. The Hall–Kier alpha value is -2.17. The Kier molecular flexibility index (Phi) is 4.91. The van der Waals surface area contributed by atoms with Crippen LogP contribution in [0.2, 0.25) is 0 Å². The molecule has 0 N–H and O–H groups in total. The van der Waals surface area contributed by atoms with E-state index in [9.17, 15) is 14.4 Å². The summed E-state index contributed by atoms with van der Waals surface area (Å²) in [7, 11) is 1.59. The second kappa shape index (κ2) is 6.77. The van der Waals surface area contributed by atoms with Crippen molar-refractivity contribution in [1.29, 1.82) is 0 Å². The molecule has 146 valence electrons. The Bertz CT molecular complexity index is 760. The average molecular weight is 370 g/mol. The van der Waals surface area contributed by atoms with Gasteiger partial charge in [-0.2, -0.15) is 0 Å². The largest absolute Gasteiger partial charge is 0.343 e. The summed E-state index contributed by atoms with van der Waals surface area (Å²) in [6.45, 7) is 9.04. The number of aryl methyl sites for hydroxylation is 1. The molecule has 27 heavy (non-hydrogen) atoms. The van der Waals surface area contributed by atoms with Crippen LogP contribution >= 0.6 is 0 Å². The summed E-state index contributed by atoms with van der Waals surface area (Å²) >= 11 is 0. The molecule has 1 spiro atoms. The molecule has 2 fully saturated rings. The van der Waals surface area contributed by atoms with Crippen LogP contribution in [0.1, 0.15) is 51.2 Å². The van der Waals surface area contributed by atoms with Crippen LogP contribution in [0.5, 0.6) is 0 Å². The fourth-order valence-corrected chi connectivity index (χ4v) is 4.78. The molecule has 1 unspecified atom stereocenters. The van der Waals surface area contributed by atoms with Crippen molar-refractivity contribution >= 4 is 17.7 Å². The average Bonchev–Trinajstić information content (AvgIpc) is 2.77. The fraction of sp³-hybridized carbons (Fsp3) is 0.591. The lowest BCUT2D eigenvalue weighted by Gasteiger charge is -2.45. The molecule has 1 aromatic rings. The number of nitrogens with zero attached hydrogens (tertiary/aromatic N) is 2.